The summed E-state index contributed by atoms with van der Waals surface area (Å²) in [6, 6.07) is 3.56. The van der Waals surface area contributed by atoms with Gasteiger partial charge in [0.15, 0.2) is 10.3 Å². The summed E-state index contributed by atoms with van der Waals surface area (Å²) in [4.78, 5) is 4.01. The third-order valence-corrected chi connectivity index (χ3v) is 2.49. The molecule has 76 valence electrons. The fourth-order valence-electron chi connectivity index (χ4n) is 1.32. The normalized spacial score (nSPS) is 10.3. The van der Waals surface area contributed by atoms with Gasteiger partial charge in [0.05, 0.1) is 0 Å². The standard InChI is InChI=1S/C10H7Cl2N3/c1-6-5-13-3-2-7(6)8-4-9(11)14-15-10(8)12/h2-5H,1H3. The highest BCUT2D eigenvalue weighted by Gasteiger charge is 2.08. The Bertz CT molecular complexity index is 500. The van der Waals surface area contributed by atoms with E-state index >= 15 is 0 Å². The third-order valence-electron chi connectivity index (χ3n) is 2.03. The Kier molecular flexibility index (Phi) is 2.84. The van der Waals surface area contributed by atoms with Crippen LogP contribution in [-0.4, -0.2) is 15.2 Å². The summed E-state index contributed by atoms with van der Waals surface area (Å²) in [5.74, 6) is 0. The van der Waals surface area contributed by atoms with E-state index in [-0.39, 0.29) is 0 Å². The highest BCUT2D eigenvalue weighted by molar-refractivity contribution is 6.33. The largest absolute Gasteiger partial charge is 0.264 e. The molecule has 2 aromatic heterocycles. The summed E-state index contributed by atoms with van der Waals surface area (Å²) >= 11 is 11.7. The van der Waals surface area contributed by atoms with Gasteiger partial charge in [0.25, 0.3) is 0 Å². The highest BCUT2D eigenvalue weighted by atomic mass is 35.5. The minimum atomic E-state index is 0.325. The van der Waals surface area contributed by atoms with Gasteiger partial charge in [0.1, 0.15) is 0 Å². The van der Waals surface area contributed by atoms with Crippen LogP contribution in [0.3, 0.4) is 0 Å². The fourth-order valence-corrected chi connectivity index (χ4v) is 1.66. The van der Waals surface area contributed by atoms with Gasteiger partial charge in [-0.1, -0.05) is 23.2 Å². The maximum Gasteiger partial charge on any atom is 0.159 e. The monoisotopic (exact) mass is 239 g/mol. The van der Waals surface area contributed by atoms with Crippen molar-refractivity contribution in [1.29, 1.82) is 0 Å². The van der Waals surface area contributed by atoms with Gasteiger partial charge < -0.3 is 0 Å². The number of halogens is 2. The molecule has 0 aliphatic heterocycles. The third kappa shape index (κ3) is 2.08. The van der Waals surface area contributed by atoms with Crippen molar-refractivity contribution in [2.45, 2.75) is 6.92 Å². The lowest BCUT2D eigenvalue weighted by atomic mass is 10.1. The zero-order valence-electron chi connectivity index (χ0n) is 7.91. The van der Waals surface area contributed by atoms with E-state index in [1.54, 1.807) is 18.5 Å². The van der Waals surface area contributed by atoms with Crippen LogP contribution in [0.15, 0.2) is 24.5 Å². The maximum atomic E-state index is 5.95. The van der Waals surface area contributed by atoms with E-state index < -0.39 is 0 Å². The first-order chi connectivity index (χ1) is 7.18. The molecule has 0 fully saturated rings. The van der Waals surface area contributed by atoms with Gasteiger partial charge in [-0.25, -0.2) is 0 Å². The number of nitrogens with zero attached hydrogens (tertiary/aromatic N) is 3. The molecule has 5 heteroatoms. The fraction of sp³-hybridized carbons (Fsp3) is 0.100. The van der Waals surface area contributed by atoms with Crippen LogP contribution in [-0.2, 0) is 0 Å². The second kappa shape index (κ2) is 4.13. The molecule has 0 spiro atoms. The molecule has 0 N–H and O–H groups in total. The van der Waals surface area contributed by atoms with Gasteiger partial charge >= 0.3 is 0 Å². The van der Waals surface area contributed by atoms with Gasteiger partial charge in [-0.3, -0.25) is 4.98 Å². The minimum absolute atomic E-state index is 0.325. The summed E-state index contributed by atoms with van der Waals surface area (Å²) in [5, 5.41) is 8.09. The SMILES string of the molecule is Cc1cnccc1-c1cc(Cl)nnc1Cl. The Morgan fingerprint density at radius 3 is 2.67 bits per heavy atom. The van der Waals surface area contributed by atoms with E-state index in [2.05, 4.69) is 15.2 Å². The molecule has 2 aromatic rings. The molecule has 2 rings (SSSR count). The number of hydrogen-bond donors (Lipinski definition) is 0. The molecule has 0 unspecified atom stereocenters. The molecule has 2 heterocycles. The van der Waals surface area contributed by atoms with Crippen molar-refractivity contribution in [3.8, 4) is 11.1 Å². The summed E-state index contributed by atoms with van der Waals surface area (Å²) in [6.45, 7) is 1.95. The van der Waals surface area contributed by atoms with Crippen LogP contribution in [0.25, 0.3) is 11.1 Å². The molecule has 0 atom stereocenters. The van der Waals surface area contributed by atoms with Gasteiger partial charge in [-0.05, 0) is 30.2 Å². The van der Waals surface area contributed by atoms with Crippen molar-refractivity contribution < 1.29 is 0 Å². The van der Waals surface area contributed by atoms with Crippen molar-refractivity contribution in [3.05, 3.63) is 40.4 Å². The molecule has 0 aliphatic rings. The van der Waals surface area contributed by atoms with Crippen LogP contribution in [0.1, 0.15) is 5.56 Å². The first-order valence-corrected chi connectivity index (χ1v) is 5.04. The Morgan fingerprint density at radius 1 is 1.13 bits per heavy atom. The maximum absolute atomic E-state index is 5.95. The lowest BCUT2D eigenvalue weighted by molar-refractivity contribution is 1.03. The summed E-state index contributed by atoms with van der Waals surface area (Å²) < 4.78 is 0. The smallest absolute Gasteiger partial charge is 0.159 e. The number of pyridine rings is 1. The summed E-state index contributed by atoms with van der Waals surface area (Å²) in [5.41, 5.74) is 2.76. The van der Waals surface area contributed by atoms with E-state index in [4.69, 9.17) is 23.2 Å². The van der Waals surface area contributed by atoms with Gasteiger partial charge in [-0.2, -0.15) is 0 Å². The molecule has 0 amide bonds. The average Bonchev–Trinajstić information content (AvgIpc) is 2.23. The van der Waals surface area contributed by atoms with E-state index in [1.165, 1.54) is 0 Å². The number of hydrogen-bond acceptors (Lipinski definition) is 3. The zero-order valence-corrected chi connectivity index (χ0v) is 9.42. The van der Waals surface area contributed by atoms with Crippen molar-refractivity contribution in [2.75, 3.05) is 0 Å². The highest BCUT2D eigenvalue weighted by Crippen LogP contribution is 2.29. The number of aryl methyl sites for hydroxylation is 1. The molecule has 0 aliphatic carbocycles. The first kappa shape index (κ1) is 10.3. The van der Waals surface area contributed by atoms with Crippen LogP contribution < -0.4 is 0 Å². The molecule has 0 saturated heterocycles. The Labute approximate surface area is 97.1 Å². The minimum Gasteiger partial charge on any atom is -0.264 e. The summed E-state index contributed by atoms with van der Waals surface area (Å²) in [7, 11) is 0. The predicted molar refractivity (Wildman–Crippen MR) is 60.0 cm³/mol. The second-order valence-corrected chi connectivity index (χ2v) is 3.81. The Balaban J connectivity index is 2.64. The second-order valence-electron chi connectivity index (χ2n) is 3.06. The van der Waals surface area contributed by atoms with E-state index in [0.29, 0.717) is 10.3 Å². The van der Waals surface area contributed by atoms with Crippen molar-refractivity contribution in [3.63, 3.8) is 0 Å². The molecule has 0 aromatic carbocycles. The predicted octanol–water partition coefficient (Wildman–Crippen LogP) is 3.15. The van der Waals surface area contributed by atoms with Crippen LogP contribution in [0.2, 0.25) is 10.3 Å². The van der Waals surface area contributed by atoms with Crippen molar-refractivity contribution in [1.82, 2.24) is 15.2 Å². The molecule has 0 radical (unpaired) electrons. The first-order valence-electron chi connectivity index (χ1n) is 4.28. The Hall–Kier alpha value is -1.19. The number of rotatable bonds is 1. The lowest BCUT2D eigenvalue weighted by Gasteiger charge is -2.05. The van der Waals surface area contributed by atoms with Crippen LogP contribution in [0, 0.1) is 6.92 Å². The average molecular weight is 240 g/mol. The Morgan fingerprint density at radius 2 is 1.93 bits per heavy atom. The van der Waals surface area contributed by atoms with Crippen LogP contribution in [0.5, 0.6) is 0 Å². The van der Waals surface area contributed by atoms with Gasteiger partial charge in [0.2, 0.25) is 0 Å². The molecule has 3 nitrogen and oxygen atoms in total. The van der Waals surface area contributed by atoms with Crippen molar-refractivity contribution in [2.24, 2.45) is 0 Å². The number of aromatic nitrogens is 3. The van der Waals surface area contributed by atoms with E-state index in [1.807, 2.05) is 13.0 Å². The van der Waals surface area contributed by atoms with E-state index in [9.17, 15) is 0 Å². The van der Waals surface area contributed by atoms with Gasteiger partial charge in [0, 0.05) is 18.0 Å². The quantitative estimate of drug-likeness (QED) is 0.768. The van der Waals surface area contributed by atoms with Gasteiger partial charge in [-0.15, -0.1) is 10.2 Å². The molecular weight excluding hydrogens is 233 g/mol. The molecule has 15 heavy (non-hydrogen) atoms. The van der Waals surface area contributed by atoms with Crippen LogP contribution >= 0.6 is 23.2 Å². The zero-order chi connectivity index (χ0) is 10.8. The topological polar surface area (TPSA) is 38.7 Å². The van der Waals surface area contributed by atoms with Crippen LogP contribution in [0.4, 0.5) is 0 Å². The lowest BCUT2D eigenvalue weighted by Crippen LogP contribution is -1.90. The summed E-state index contributed by atoms with van der Waals surface area (Å²) in [6.07, 6.45) is 3.47. The molecule has 0 bridgehead atoms. The molecular formula is C10H7Cl2N3. The molecule has 0 saturated carbocycles. The van der Waals surface area contributed by atoms with E-state index in [0.717, 1.165) is 16.7 Å². The van der Waals surface area contributed by atoms with Crippen molar-refractivity contribution >= 4 is 23.2 Å².